The van der Waals surface area contributed by atoms with Crippen LogP contribution in [0.2, 0.25) is 15.1 Å². The number of rotatable bonds is 6. The zero-order valence-corrected chi connectivity index (χ0v) is 22.9. The first kappa shape index (κ1) is 25.2. The third-order valence-electron chi connectivity index (χ3n) is 7.88. The molecule has 0 aliphatic carbocycles. The molecule has 6 nitrogen and oxygen atoms in total. The summed E-state index contributed by atoms with van der Waals surface area (Å²) in [4.78, 5) is 17.3. The van der Waals surface area contributed by atoms with E-state index in [-0.39, 0.29) is 11.9 Å². The molecule has 3 aromatic rings. The molecule has 2 aromatic carbocycles. The van der Waals surface area contributed by atoms with Gasteiger partial charge in [-0.2, -0.15) is 5.10 Å². The Balaban J connectivity index is 1.07. The number of piperidine rings is 1. The highest BCUT2D eigenvalue weighted by Crippen LogP contribution is 2.35. The number of benzene rings is 2. The highest BCUT2D eigenvalue weighted by molar-refractivity contribution is 6.42. The van der Waals surface area contributed by atoms with Crippen molar-refractivity contribution < 1.29 is 4.79 Å². The maximum Gasteiger partial charge on any atom is 0.231 e. The topological polar surface area (TPSA) is 53.4 Å². The number of nitrogens with zero attached hydrogens (tertiary/aromatic N) is 4. The SMILES string of the molecule is O=C1Cc2cc(Cl)ccc2N1C1CCN(CCCn2nc(-c3ccc(Cl)c(Cl)c3)c3c2CCNC3)CC1. The second-order valence-electron chi connectivity index (χ2n) is 10.2. The number of likely N-dealkylation sites (tertiary alicyclic amines) is 1. The average molecular weight is 559 g/mol. The van der Waals surface area contributed by atoms with E-state index in [4.69, 9.17) is 39.9 Å². The molecule has 9 heteroatoms. The van der Waals surface area contributed by atoms with Crippen molar-refractivity contribution in [3.63, 3.8) is 0 Å². The van der Waals surface area contributed by atoms with Crippen molar-refractivity contribution in [2.24, 2.45) is 0 Å². The number of aryl methyl sites for hydroxylation is 1. The Morgan fingerprint density at radius 3 is 2.65 bits per heavy atom. The Hall–Kier alpha value is -2.09. The molecule has 6 rings (SSSR count). The summed E-state index contributed by atoms with van der Waals surface area (Å²) in [6.07, 6.45) is 4.48. The van der Waals surface area contributed by atoms with Crippen LogP contribution < -0.4 is 10.2 Å². The number of hydrogen-bond acceptors (Lipinski definition) is 4. The number of carbonyl (C=O) groups excluding carboxylic acids is 1. The minimum atomic E-state index is 0.200. The van der Waals surface area contributed by atoms with Gasteiger partial charge in [0, 0.05) is 72.7 Å². The monoisotopic (exact) mass is 557 g/mol. The predicted octanol–water partition coefficient (Wildman–Crippen LogP) is 5.60. The first-order chi connectivity index (χ1) is 18.0. The lowest BCUT2D eigenvalue weighted by molar-refractivity contribution is -0.118. The van der Waals surface area contributed by atoms with Gasteiger partial charge in [-0.15, -0.1) is 0 Å². The Morgan fingerprint density at radius 2 is 1.84 bits per heavy atom. The van der Waals surface area contributed by atoms with Gasteiger partial charge in [0.05, 0.1) is 22.2 Å². The van der Waals surface area contributed by atoms with Crippen LogP contribution in [0.4, 0.5) is 5.69 Å². The van der Waals surface area contributed by atoms with E-state index < -0.39 is 0 Å². The van der Waals surface area contributed by atoms with Crippen molar-refractivity contribution >= 4 is 46.4 Å². The lowest BCUT2D eigenvalue weighted by atomic mass is 10.0. The highest BCUT2D eigenvalue weighted by Gasteiger charge is 2.34. The number of nitrogens with one attached hydrogen (secondary N) is 1. The molecule has 0 atom stereocenters. The Labute approximate surface area is 232 Å². The van der Waals surface area contributed by atoms with Crippen LogP contribution in [0.15, 0.2) is 36.4 Å². The second-order valence-corrected chi connectivity index (χ2v) is 11.4. The molecule has 37 heavy (non-hydrogen) atoms. The normalized spacial score (nSPS) is 18.4. The van der Waals surface area contributed by atoms with Crippen LogP contribution in [0.3, 0.4) is 0 Å². The van der Waals surface area contributed by atoms with Crippen molar-refractivity contribution in [2.75, 3.05) is 31.1 Å². The highest BCUT2D eigenvalue weighted by atomic mass is 35.5. The Bertz CT molecular complexity index is 1330. The molecule has 0 radical (unpaired) electrons. The molecule has 1 amide bonds. The molecule has 4 heterocycles. The van der Waals surface area contributed by atoms with Gasteiger partial charge in [0.1, 0.15) is 0 Å². The van der Waals surface area contributed by atoms with Crippen LogP contribution in [0.5, 0.6) is 0 Å². The van der Waals surface area contributed by atoms with Crippen LogP contribution >= 0.6 is 34.8 Å². The average Bonchev–Trinajstić information content (AvgIpc) is 3.43. The molecule has 1 aromatic heterocycles. The van der Waals surface area contributed by atoms with E-state index >= 15 is 0 Å². The summed E-state index contributed by atoms with van der Waals surface area (Å²) >= 11 is 18.6. The van der Waals surface area contributed by atoms with E-state index in [1.54, 1.807) is 0 Å². The first-order valence-electron chi connectivity index (χ1n) is 13.1. The van der Waals surface area contributed by atoms with Crippen LogP contribution in [-0.4, -0.2) is 52.8 Å². The molecule has 3 aliphatic heterocycles. The summed E-state index contributed by atoms with van der Waals surface area (Å²) in [6, 6.07) is 11.8. The van der Waals surface area contributed by atoms with E-state index in [0.29, 0.717) is 21.5 Å². The number of amides is 1. The van der Waals surface area contributed by atoms with E-state index in [0.717, 1.165) is 87.5 Å². The zero-order valence-electron chi connectivity index (χ0n) is 20.7. The van der Waals surface area contributed by atoms with Crippen LogP contribution in [-0.2, 0) is 30.7 Å². The minimum Gasteiger partial charge on any atom is -0.312 e. The predicted molar refractivity (Wildman–Crippen MR) is 150 cm³/mol. The summed E-state index contributed by atoms with van der Waals surface area (Å²) in [5.41, 5.74) is 6.70. The molecule has 0 bridgehead atoms. The zero-order chi connectivity index (χ0) is 25.5. The molecule has 0 saturated carbocycles. The minimum absolute atomic E-state index is 0.200. The van der Waals surface area contributed by atoms with Gasteiger partial charge in [-0.25, -0.2) is 0 Å². The number of halogens is 3. The Morgan fingerprint density at radius 1 is 1.00 bits per heavy atom. The van der Waals surface area contributed by atoms with Gasteiger partial charge in [0.15, 0.2) is 0 Å². The van der Waals surface area contributed by atoms with Crippen molar-refractivity contribution in [2.45, 2.75) is 51.2 Å². The van der Waals surface area contributed by atoms with Crippen LogP contribution in [0.25, 0.3) is 11.3 Å². The quantitative estimate of drug-likeness (QED) is 0.428. The Kier molecular flexibility index (Phi) is 7.21. The lowest BCUT2D eigenvalue weighted by Gasteiger charge is -2.37. The van der Waals surface area contributed by atoms with E-state index in [1.807, 2.05) is 41.3 Å². The van der Waals surface area contributed by atoms with Gasteiger partial charge in [0.2, 0.25) is 5.91 Å². The van der Waals surface area contributed by atoms with E-state index in [9.17, 15) is 4.79 Å². The number of hydrogen-bond donors (Lipinski definition) is 1. The fraction of sp³-hybridized carbons (Fsp3) is 0.429. The van der Waals surface area contributed by atoms with Gasteiger partial charge in [0.25, 0.3) is 0 Å². The molecule has 3 aliphatic rings. The molecular weight excluding hydrogens is 529 g/mol. The fourth-order valence-corrected chi connectivity index (χ4v) is 6.53. The van der Waals surface area contributed by atoms with Gasteiger partial charge in [-0.3, -0.25) is 9.48 Å². The summed E-state index contributed by atoms with van der Waals surface area (Å²) in [7, 11) is 0. The maximum atomic E-state index is 12.8. The number of fused-ring (bicyclic) bond motifs is 2. The number of anilines is 1. The molecular formula is C28H30Cl3N5O. The van der Waals surface area contributed by atoms with Gasteiger partial charge in [-0.1, -0.05) is 40.9 Å². The summed E-state index contributed by atoms with van der Waals surface area (Å²) < 4.78 is 2.20. The maximum absolute atomic E-state index is 12.8. The van der Waals surface area contributed by atoms with E-state index in [2.05, 4.69) is 14.9 Å². The number of carbonyl (C=O) groups is 1. The standard InChI is InChI=1S/C28H30Cl3N5O/c29-20-3-5-25-19(14-20)16-27(37)36(25)21-7-12-34(13-8-21)10-1-11-35-26-6-9-32-17-22(26)28(33-35)18-2-4-23(30)24(31)15-18/h2-5,14-15,21,32H,1,6-13,16-17H2. The van der Waals surface area contributed by atoms with Gasteiger partial charge >= 0.3 is 0 Å². The van der Waals surface area contributed by atoms with E-state index in [1.165, 1.54) is 11.3 Å². The van der Waals surface area contributed by atoms with Gasteiger partial charge < -0.3 is 15.1 Å². The molecule has 0 spiro atoms. The molecule has 0 unspecified atom stereocenters. The molecule has 194 valence electrons. The van der Waals surface area contributed by atoms with Crippen molar-refractivity contribution in [1.29, 1.82) is 0 Å². The third kappa shape index (κ3) is 5.02. The summed E-state index contributed by atoms with van der Waals surface area (Å²) in [5, 5.41) is 10.3. The largest absolute Gasteiger partial charge is 0.312 e. The molecule has 1 N–H and O–H groups in total. The second kappa shape index (κ2) is 10.6. The molecule has 1 fully saturated rings. The van der Waals surface area contributed by atoms with Crippen LogP contribution in [0.1, 0.15) is 36.1 Å². The van der Waals surface area contributed by atoms with Crippen molar-refractivity contribution in [3.05, 3.63) is 68.3 Å². The van der Waals surface area contributed by atoms with Crippen molar-refractivity contribution in [1.82, 2.24) is 20.0 Å². The summed E-state index contributed by atoms with van der Waals surface area (Å²) in [5.74, 6) is 0.200. The van der Waals surface area contributed by atoms with Crippen LogP contribution in [0, 0.1) is 0 Å². The third-order valence-corrected chi connectivity index (χ3v) is 8.85. The molecule has 1 saturated heterocycles. The fourth-order valence-electron chi connectivity index (χ4n) is 6.04. The van der Waals surface area contributed by atoms with Crippen molar-refractivity contribution in [3.8, 4) is 11.3 Å². The number of aromatic nitrogens is 2. The summed E-state index contributed by atoms with van der Waals surface area (Å²) in [6.45, 7) is 5.73. The lowest BCUT2D eigenvalue weighted by Crippen LogP contribution is -2.46. The first-order valence-corrected chi connectivity index (χ1v) is 14.2. The van der Waals surface area contributed by atoms with Gasteiger partial charge in [-0.05, 0) is 61.7 Å². The smallest absolute Gasteiger partial charge is 0.231 e.